The number of hydrogen-bond acceptors (Lipinski definition) is 7. The molecule has 1 aromatic heterocycles. The largest absolute Gasteiger partial charge is 0.444 e. The SMILES string of the molecule is CC(C)(C)OC(=O)N1CCN(c2cccc3c2CC(CN(CC2CCCCC2)[C@H]2CCCc4cccnc42)N(C(=O)OC(C)(C)C)C3)CC1. The number of anilines is 1. The van der Waals surface area contributed by atoms with E-state index in [0.717, 1.165) is 51.9 Å². The molecule has 49 heavy (non-hydrogen) atoms. The molecule has 9 nitrogen and oxygen atoms in total. The van der Waals surface area contributed by atoms with E-state index in [2.05, 4.69) is 40.1 Å². The van der Waals surface area contributed by atoms with Crippen LogP contribution in [-0.4, -0.2) is 88.4 Å². The maximum atomic E-state index is 14.0. The molecule has 2 aliphatic heterocycles. The van der Waals surface area contributed by atoms with Crippen LogP contribution in [0.5, 0.6) is 0 Å². The van der Waals surface area contributed by atoms with Crippen molar-refractivity contribution in [2.24, 2.45) is 5.92 Å². The third-order valence-corrected chi connectivity index (χ3v) is 10.6. The van der Waals surface area contributed by atoms with E-state index in [1.165, 1.54) is 60.2 Å². The quantitative estimate of drug-likeness (QED) is 0.310. The number of aryl methyl sites for hydroxylation is 1. The summed E-state index contributed by atoms with van der Waals surface area (Å²) in [5.41, 5.74) is 5.23. The van der Waals surface area contributed by atoms with Crippen molar-refractivity contribution < 1.29 is 19.1 Å². The van der Waals surface area contributed by atoms with Crippen LogP contribution in [0, 0.1) is 5.92 Å². The van der Waals surface area contributed by atoms with Crippen molar-refractivity contribution in [2.75, 3.05) is 44.2 Å². The van der Waals surface area contributed by atoms with Crippen LogP contribution in [-0.2, 0) is 28.9 Å². The summed E-state index contributed by atoms with van der Waals surface area (Å²) < 4.78 is 11.7. The molecule has 9 heteroatoms. The Kier molecular flexibility index (Phi) is 10.8. The van der Waals surface area contributed by atoms with E-state index < -0.39 is 11.2 Å². The van der Waals surface area contributed by atoms with Gasteiger partial charge in [0.15, 0.2) is 0 Å². The third kappa shape index (κ3) is 8.89. The number of benzene rings is 1. The second-order valence-corrected chi connectivity index (χ2v) is 16.7. The summed E-state index contributed by atoms with van der Waals surface area (Å²) in [7, 11) is 0. The highest BCUT2D eigenvalue weighted by molar-refractivity contribution is 5.71. The fourth-order valence-corrected chi connectivity index (χ4v) is 8.35. The van der Waals surface area contributed by atoms with E-state index in [-0.39, 0.29) is 24.3 Å². The van der Waals surface area contributed by atoms with Gasteiger partial charge >= 0.3 is 12.2 Å². The van der Waals surface area contributed by atoms with Gasteiger partial charge in [-0.05, 0) is 115 Å². The lowest BCUT2D eigenvalue weighted by Crippen LogP contribution is -2.53. The van der Waals surface area contributed by atoms with E-state index in [0.29, 0.717) is 25.6 Å². The molecule has 4 aliphatic rings. The second-order valence-electron chi connectivity index (χ2n) is 16.7. The van der Waals surface area contributed by atoms with Gasteiger partial charge in [0.1, 0.15) is 11.2 Å². The molecule has 2 fully saturated rings. The normalized spacial score (nSPS) is 22.1. The molecule has 2 aromatic rings. The summed E-state index contributed by atoms with van der Waals surface area (Å²) in [5.74, 6) is 0.672. The topological polar surface area (TPSA) is 78.5 Å². The standard InChI is InChI=1S/C40H59N5O4/c1-39(2,3)48-37(46)43-23-21-42(22-24-43)34-18-11-16-31-27-45(38(47)49-40(4,5)6)32(25-33(31)34)28-44(26-29-13-8-7-9-14-29)35-19-10-15-30-17-12-20-41-36(30)35/h11-12,16-18,20,29,32,35H,7-10,13-15,19,21-28H2,1-6H3/t32?,35-/m0/s1. The second kappa shape index (κ2) is 14.9. The average Bonchev–Trinajstić information content (AvgIpc) is 3.06. The van der Waals surface area contributed by atoms with E-state index >= 15 is 0 Å². The highest BCUT2D eigenvalue weighted by Gasteiger charge is 2.39. The molecule has 3 heterocycles. The number of ether oxygens (including phenoxy) is 2. The van der Waals surface area contributed by atoms with Crippen LogP contribution >= 0.6 is 0 Å². The molecule has 2 amide bonds. The van der Waals surface area contributed by atoms with Crippen LogP contribution in [0.3, 0.4) is 0 Å². The number of carbonyl (C=O) groups excluding carboxylic acids is 2. The Morgan fingerprint density at radius 2 is 1.51 bits per heavy atom. The predicted molar refractivity (Wildman–Crippen MR) is 194 cm³/mol. The number of carbonyl (C=O) groups is 2. The van der Waals surface area contributed by atoms with Crippen molar-refractivity contribution >= 4 is 17.9 Å². The number of pyridine rings is 1. The summed E-state index contributed by atoms with van der Waals surface area (Å²) in [5, 5.41) is 0. The van der Waals surface area contributed by atoms with Crippen LogP contribution in [0.15, 0.2) is 36.5 Å². The Bertz CT molecular complexity index is 1450. The molecule has 2 atom stereocenters. The van der Waals surface area contributed by atoms with Gasteiger partial charge in [-0.25, -0.2) is 9.59 Å². The van der Waals surface area contributed by atoms with Gasteiger partial charge in [0.2, 0.25) is 0 Å². The molecule has 2 aliphatic carbocycles. The molecule has 1 saturated carbocycles. The fourth-order valence-electron chi connectivity index (χ4n) is 8.35. The number of hydrogen-bond donors (Lipinski definition) is 0. The Morgan fingerprint density at radius 1 is 0.816 bits per heavy atom. The molecular weight excluding hydrogens is 614 g/mol. The third-order valence-electron chi connectivity index (χ3n) is 10.6. The highest BCUT2D eigenvalue weighted by atomic mass is 16.6. The fraction of sp³-hybridized carbons (Fsp3) is 0.675. The van der Waals surface area contributed by atoms with Crippen LogP contribution in [0.1, 0.15) is 115 Å². The van der Waals surface area contributed by atoms with Crippen LogP contribution < -0.4 is 4.90 Å². The van der Waals surface area contributed by atoms with Crippen LogP contribution in [0.2, 0.25) is 0 Å². The minimum absolute atomic E-state index is 0.0377. The number of rotatable bonds is 6. The zero-order valence-electron chi connectivity index (χ0n) is 30.9. The molecule has 0 radical (unpaired) electrons. The van der Waals surface area contributed by atoms with Crippen molar-refractivity contribution in [2.45, 2.75) is 129 Å². The summed E-state index contributed by atoms with van der Waals surface area (Å²) in [6.07, 6.45) is 12.1. The van der Waals surface area contributed by atoms with Crippen molar-refractivity contribution in [3.05, 3.63) is 58.9 Å². The predicted octanol–water partition coefficient (Wildman–Crippen LogP) is 7.76. The highest BCUT2D eigenvalue weighted by Crippen LogP contribution is 2.38. The lowest BCUT2D eigenvalue weighted by Gasteiger charge is -2.45. The first-order valence-corrected chi connectivity index (χ1v) is 18.9. The van der Waals surface area contributed by atoms with Gasteiger partial charge in [0.25, 0.3) is 0 Å². The Balaban J connectivity index is 1.28. The molecule has 0 bridgehead atoms. The maximum Gasteiger partial charge on any atom is 0.410 e. The Labute approximate surface area is 294 Å². The average molecular weight is 674 g/mol. The van der Waals surface area contributed by atoms with Crippen molar-refractivity contribution in [1.29, 1.82) is 0 Å². The summed E-state index contributed by atoms with van der Waals surface area (Å²) in [6.45, 7) is 16.7. The first-order valence-electron chi connectivity index (χ1n) is 18.9. The minimum Gasteiger partial charge on any atom is -0.444 e. The first kappa shape index (κ1) is 35.5. The minimum atomic E-state index is -0.578. The summed E-state index contributed by atoms with van der Waals surface area (Å²) in [6, 6.07) is 11.1. The number of piperazine rings is 1. The van der Waals surface area contributed by atoms with Gasteiger partial charge in [-0.2, -0.15) is 0 Å². The number of nitrogens with zero attached hydrogens (tertiary/aromatic N) is 5. The van der Waals surface area contributed by atoms with E-state index in [1.807, 2.05) is 57.5 Å². The van der Waals surface area contributed by atoms with Gasteiger partial charge in [0, 0.05) is 57.7 Å². The molecule has 1 saturated heterocycles. The lowest BCUT2D eigenvalue weighted by molar-refractivity contribution is 0.00300. The van der Waals surface area contributed by atoms with E-state index in [9.17, 15) is 9.59 Å². The molecule has 1 unspecified atom stereocenters. The van der Waals surface area contributed by atoms with Crippen molar-refractivity contribution in [1.82, 2.24) is 19.7 Å². The molecule has 0 spiro atoms. The van der Waals surface area contributed by atoms with Gasteiger partial charge in [0.05, 0.1) is 17.8 Å². The molecule has 0 N–H and O–H groups in total. The number of aromatic nitrogens is 1. The van der Waals surface area contributed by atoms with Crippen molar-refractivity contribution in [3.63, 3.8) is 0 Å². The molecular formula is C40H59N5O4. The Hall–Kier alpha value is -3.33. The monoisotopic (exact) mass is 673 g/mol. The molecule has 1 aromatic carbocycles. The smallest absolute Gasteiger partial charge is 0.410 e. The van der Waals surface area contributed by atoms with E-state index in [1.54, 1.807) is 0 Å². The lowest BCUT2D eigenvalue weighted by atomic mass is 9.85. The number of amides is 2. The molecule has 6 rings (SSSR count). The van der Waals surface area contributed by atoms with Gasteiger partial charge in [-0.3, -0.25) is 14.8 Å². The summed E-state index contributed by atoms with van der Waals surface area (Å²) in [4.78, 5) is 40.7. The zero-order chi connectivity index (χ0) is 34.8. The van der Waals surface area contributed by atoms with Crippen LogP contribution in [0.4, 0.5) is 15.3 Å². The number of fused-ring (bicyclic) bond motifs is 2. The molecule has 268 valence electrons. The van der Waals surface area contributed by atoms with Gasteiger partial charge < -0.3 is 19.3 Å². The van der Waals surface area contributed by atoms with Gasteiger partial charge in [-0.1, -0.05) is 37.5 Å². The van der Waals surface area contributed by atoms with Crippen LogP contribution in [0.25, 0.3) is 0 Å². The van der Waals surface area contributed by atoms with E-state index in [4.69, 9.17) is 14.5 Å². The zero-order valence-corrected chi connectivity index (χ0v) is 30.9. The Morgan fingerprint density at radius 3 is 2.22 bits per heavy atom. The summed E-state index contributed by atoms with van der Waals surface area (Å²) >= 11 is 0. The van der Waals surface area contributed by atoms with Gasteiger partial charge in [-0.15, -0.1) is 0 Å². The maximum absolute atomic E-state index is 14.0. The first-order chi connectivity index (χ1) is 23.3. The van der Waals surface area contributed by atoms with Crippen molar-refractivity contribution in [3.8, 4) is 0 Å².